The summed E-state index contributed by atoms with van der Waals surface area (Å²) in [5.74, 6) is 1.26. The number of allylic oxidation sites excluding steroid dienone is 1. The van der Waals surface area contributed by atoms with E-state index in [1.54, 1.807) is 0 Å². The van der Waals surface area contributed by atoms with Crippen LogP contribution in [-0.4, -0.2) is 59.0 Å². The molecule has 0 amide bonds. The van der Waals surface area contributed by atoms with Gasteiger partial charge in [0, 0.05) is 12.6 Å². The number of rotatable bonds is 7. The lowest BCUT2D eigenvalue weighted by Gasteiger charge is -2.59. The van der Waals surface area contributed by atoms with Crippen LogP contribution in [0.2, 0.25) is 0 Å². The zero-order valence-electron chi connectivity index (χ0n) is 20.9. The van der Waals surface area contributed by atoms with E-state index in [2.05, 4.69) is 45.7 Å². The molecule has 0 aromatic rings. The van der Waals surface area contributed by atoms with Gasteiger partial charge in [0.1, 0.15) is 0 Å². The molecule has 3 fully saturated rings. The van der Waals surface area contributed by atoms with Crippen LogP contribution in [0.4, 0.5) is 0 Å². The van der Waals surface area contributed by atoms with E-state index in [9.17, 15) is 15.0 Å². The summed E-state index contributed by atoms with van der Waals surface area (Å²) < 4.78 is 5.83. The SMILES string of the molecule is CC(C)OCCN(C)[C@H]1CC[C@H]2[C@@H]3CC=C4C[C@](O)(CC(=O)O)CC[C@]4(C)[C@H]3CC[C@]12C. The van der Waals surface area contributed by atoms with Crippen LogP contribution in [0.15, 0.2) is 11.6 Å². The molecule has 5 nitrogen and oxygen atoms in total. The van der Waals surface area contributed by atoms with Crippen LogP contribution >= 0.6 is 0 Å². The number of carboxylic acid groups (broad SMARTS) is 1. The largest absolute Gasteiger partial charge is 0.481 e. The maximum Gasteiger partial charge on any atom is 0.306 e. The monoisotopic (exact) mass is 447 g/mol. The lowest BCUT2D eigenvalue weighted by molar-refractivity contribution is -0.145. The maximum atomic E-state index is 11.3. The van der Waals surface area contributed by atoms with Crippen molar-refractivity contribution in [3.63, 3.8) is 0 Å². The van der Waals surface area contributed by atoms with Crippen LogP contribution in [0.1, 0.15) is 85.5 Å². The van der Waals surface area contributed by atoms with Crippen molar-refractivity contribution < 1.29 is 19.7 Å². The van der Waals surface area contributed by atoms with Gasteiger partial charge in [-0.3, -0.25) is 4.79 Å². The third-order valence-corrected chi connectivity index (χ3v) is 10.1. The molecule has 0 bridgehead atoms. The average molecular weight is 448 g/mol. The van der Waals surface area contributed by atoms with Gasteiger partial charge in [0.15, 0.2) is 0 Å². The van der Waals surface area contributed by atoms with Gasteiger partial charge in [-0.2, -0.15) is 0 Å². The molecule has 4 aliphatic rings. The number of ether oxygens (including phenoxy) is 1. The zero-order chi connectivity index (χ0) is 23.3. The maximum absolute atomic E-state index is 11.3. The van der Waals surface area contributed by atoms with Gasteiger partial charge in [0.05, 0.1) is 24.7 Å². The van der Waals surface area contributed by atoms with Gasteiger partial charge in [-0.05, 0) is 101 Å². The lowest BCUT2D eigenvalue weighted by Crippen LogP contribution is -2.54. The van der Waals surface area contributed by atoms with Gasteiger partial charge < -0.3 is 19.8 Å². The number of aliphatic hydroxyl groups is 1. The second-order valence-electron chi connectivity index (χ2n) is 12.3. The Hall–Kier alpha value is -0.910. The summed E-state index contributed by atoms with van der Waals surface area (Å²) >= 11 is 0. The average Bonchev–Trinajstić information content (AvgIpc) is 3.05. The fraction of sp³-hybridized carbons (Fsp3) is 0.889. The summed E-state index contributed by atoms with van der Waals surface area (Å²) in [5.41, 5.74) is 0.778. The molecule has 0 saturated heterocycles. The number of hydrogen-bond donors (Lipinski definition) is 2. The number of fused-ring (bicyclic) bond motifs is 5. The smallest absolute Gasteiger partial charge is 0.306 e. The zero-order valence-corrected chi connectivity index (χ0v) is 20.9. The normalized spacial score (nSPS) is 43.6. The molecule has 32 heavy (non-hydrogen) atoms. The minimum Gasteiger partial charge on any atom is -0.481 e. The molecule has 0 unspecified atom stereocenters. The summed E-state index contributed by atoms with van der Waals surface area (Å²) in [5, 5.41) is 20.2. The van der Waals surface area contributed by atoms with E-state index in [0.29, 0.717) is 36.3 Å². The van der Waals surface area contributed by atoms with E-state index < -0.39 is 11.6 Å². The fourth-order valence-corrected chi connectivity index (χ4v) is 8.43. The molecular weight excluding hydrogens is 402 g/mol. The van der Waals surface area contributed by atoms with Crippen molar-refractivity contribution >= 4 is 5.97 Å². The Labute approximate surface area is 194 Å². The van der Waals surface area contributed by atoms with E-state index >= 15 is 0 Å². The molecule has 0 spiro atoms. The van der Waals surface area contributed by atoms with Gasteiger partial charge in [-0.1, -0.05) is 25.5 Å². The van der Waals surface area contributed by atoms with Gasteiger partial charge in [-0.25, -0.2) is 0 Å². The molecule has 2 N–H and O–H groups in total. The number of hydrogen-bond acceptors (Lipinski definition) is 4. The van der Waals surface area contributed by atoms with E-state index in [-0.39, 0.29) is 11.8 Å². The van der Waals surface area contributed by atoms with Crippen molar-refractivity contribution in [3.8, 4) is 0 Å². The Bertz CT molecular complexity index is 750. The predicted octanol–water partition coefficient (Wildman–Crippen LogP) is 4.88. The standard InChI is InChI=1S/C27H45NO4/c1-18(2)32-15-14-28(5)23-9-8-21-20-7-6-19-16-27(31,17-24(29)30)13-12-25(19,3)22(20)10-11-26(21,23)4/h6,18,20-23,31H,7-17H2,1-5H3,(H,29,30)/t20-,21-,22-,23-,25-,26-,27-/m0/s1. The first-order valence-electron chi connectivity index (χ1n) is 12.9. The highest BCUT2D eigenvalue weighted by Crippen LogP contribution is 2.66. The first-order chi connectivity index (χ1) is 15.0. The molecule has 3 saturated carbocycles. The highest BCUT2D eigenvalue weighted by Gasteiger charge is 2.60. The van der Waals surface area contributed by atoms with Crippen LogP contribution in [0.5, 0.6) is 0 Å². The van der Waals surface area contributed by atoms with Crippen LogP contribution in [-0.2, 0) is 9.53 Å². The molecular formula is C27H45NO4. The minimum atomic E-state index is -1.06. The molecule has 0 aromatic carbocycles. The Morgan fingerprint density at radius 3 is 2.62 bits per heavy atom. The van der Waals surface area contributed by atoms with E-state index in [4.69, 9.17) is 4.74 Å². The second-order valence-corrected chi connectivity index (χ2v) is 12.3. The van der Waals surface area contributed by atoms with E-state index in [1.165, 1.54) is 31.3 Å². The van der Waals surface area contributed by atoms with Crippen molar-refractivity contribution in [1.29, 1.82) is 0 Å². The number of aliphatic carboxylic acids is 1. The Morgan fingerprint density at radius 2 is 1.94 bits per heavy atom. The van der Waals surface area contributed by atoms with Gasteiger partial charge in [0.25, 0.3) is 0 Å². The van der Waals surface area contributed by atoms with Crippen molar-refractivity contribution in [2.24, 2.45) is 28.6 Å². The predicted molar refractivity (Wildman–Crippen MR) is 126 cm³/mol. The summed E-state index contributed by atoms with van der Waals surface area (Å²) in [6, 6.07) is 0.634. The topological polar surface area (TPSA) is 70.0 Å². The second kappa shape index (κ2) is 8.70. The van der Waals surface area contributed by atoms with Gasteiger partial charge in [-0.15, -0.1) is 0 Å². The summed E-state index contributed by atoms with van der Waals surface area (Å²) in [7, 11) is 2.29. The highest BCUT2D eigenvalue weighted by atomic mass is 16.5. The molecule has 0 aliphatic heterocycles. The van der Waals surface area contributed by atoms with Crippen LogP contribution in [0, 0.1) is 28.6 Å². The van der Waals surface area contributed by atoms with Crippen LogP contribution < -0.4 is 0 Å². The molecule has 0 heterocycles. The summed E-state index contributed by atoms with van der Waals surface area (Å²) in [6.07, 6.45) is 10.9. The van der Waals surface area contributed by atoms with Crippen molar-refractivity contribution in [2.75, 3.05) is 20.2 Å². The first kappa shape index (κ1) is 24.2. The Morgan fingerprint density at radius 1 is 1.19 bits per heavy atom. The number of likely N-dealkylation sites (N-methyl/N-ethyl adjacent to an activating group) is 1. The van der Waals surface area contributed by atoms with Crippen molar-refractivity contribution in [2.45, 2.75) is 103 Å². The molecule has 0 radical (unpaired) electrons. The summed E-state index contributed by atoms with van der Waals surface area (Å²) in [6.45, 7) is 11.0. The fourth-order valence-electron chi connectivity index (χ4n) is 8.43. The molecule has 182 valence electrons. The van der Waals surface area contributed by atoms with Crippen molar-refractivity contribution in [3.05, 3.63) is 11.6 Å². The van der Waals surface area contributed by atoms with Gasteiger partial charge >= 0.3 is 5.97 Å². The number of carboxylic acids is 1. The third kappa shape index (κ3) is 4.18. The molecule has 0 aromatic heterocycles. The van der Waals surface area contributed by atoms with E-state index in [1.807, 2.05) is 0 Å². The van der Waals surface area contributed by atoms with Gasteiger partial charge in [0.2, 0.25) is 0 Å². The molecule has 4 aliphatic carbocycles. The van der Waals surface area contributed by atoms with Crippen LogP contribution in [0.25, 0.3) is 0 Å². The highest BCUT2D eigenvalue weighted by molar-refractivity contribution is 5.68. The third-order valence-electron chi connectivity index (χ3n) is 10.1. The quantitative estimate of drug-likeness (QED) is 0.544. The Balaban J connectivity index is 1.49. The Kier molecular flexibility index (Phi) is 6.59. The molecule has 4 rings (SSSR count). The lowest BCUT2D eigenvalue weighted by atomic mass is 9.47. The number of nitrogens with zero attached hydrogens (tertiary/aromatic N) is 1. The summed E-state index contributed by atoms with van der Waals surface area (Å²) in [4.78, 5) is 13.9. The van der Waals surface area contributed by atoms with Crippen molar-refractivity contribution in [1.82, 2.24) is 4.90 Å². The minimum absolute atomic E-state index is 0.129. The first-order valence-corrected chi connectivity index (χ1v) is 12.9. The van der Waals surface area contributed by atoms with E-state index in [0.717, 1.165) is 37.8 Å². The molecule has 5 heteroatoms. The van der Waals surface area contributed by atoms with Crippen LogP contribution in [0.3, 0.4) is 0 Å². The number of carbonyl (C=O) groups is 1. The molecule has 7 atom stereocenters.